The number of benzene rings is 1. The molecule has 8 atom stereocenters. The molecule has 0 heterocycles. The Morgan fingerprint density at radius 2 is 1.77 bits per heavy atom. The van der Waals surface area contributed by atoms with Gasteiger partial charge >= 0.3 is 5.97 Å². The van der Waals surface area contributed by atoms with E-state index in [2.05, 4.69) is 52.8 Å². The van der Waals surface area contributed by atoms with Gasteiger partial charge in [0.05, 0.1) is 0 Å². The molecular weight excluding hydrogens is 488 g/mol. The molecule has 0 aliphatic heterocycles. The van der Waals surface area contributed by atoms with Crippen molar-refractivity contribution in [2.75, 3.05) is 0 Å². The second-order valence-electron chi connectivity index (χ2n) is 14.7. The minimum Gasteiger partial charge on any atom is -0.459 e. The smallest absolute Gasteiger partial charge is 0.331 e. The normalized spacial score (nSPS) is 36.2. The minimum absolute atomic E-state index is 0.0162. The number of ether oxygens (including phenoxy) is 1. The highest BCUT2D eigenvalue weighted by Gasteiger charge is 2.59. The van der Waals surface area contributed by atoms with E-state index in [0.29, 0.717) is 10.8 Å². The zero-order chi connectivity index (χ0) is 28.3. The van der Waals surface area contributed by atoms with Gasteiger partial charge in [-0.3, -0.25) is 0 Å². The molecule has 0 unspecified atom stereocenters. The predicted molar refractivity (Wildman–Crippen MR) is 168 cm³/mol. The van der Waals surface area contributed by atoms with Crippen molar-refractivity contribution in [2.45, 2.75) is 111 Å². The molecule has 0 spiro atoms. The number of rotatable bonds is 9. The molecule has 0 saturated heterocycles. The van der Waals surface area contributed by atoms with Crippen LogP contribution in [0.5, 0.6) is 0 Å². The van der Waals surface area contributed by atoms with Gasteiger partial charge in [-0.2, -0.15) is 0 Å². The number of carbonyl (C=O) groups is 1. The van der Waals surface area contributed by atoms with Crippen molar-refractivity contribution in [2.24, 2.45) is 46.3 Å². The van der Waals surface area contributed by atoms with E-state index in [1.54, 1.807) is 17.7 Å². The maximum absolute atomic E-state index is 12.6. The van der Waals surface area contributed by atoms with E-state index in [4.69, 9.17) is 4.74 Å². The Labute approximate surface area is 244 Å². The molecule has 0 N–H and O–H groups in total. The molecule has 3 saturated carbocycles. The number of hydrogen-bond acceptors (Lipinski definition) is 2. The zero-order valence-electron chi connectivity index (χ0n) is 25.9. The van der Waals surface area contributed by atoms with Crippen LogP contribution in [-0.2, 0) is 9.53 Å². The zero-order valence-corrected chi connectivity index (χ0v) is 25.9. The molecule has 0 amide bonds. The van der Waals surface area contributed by atoms with E-state index in [9.17, 15) is 4.79 Å². The average Bonchev–Trinajstić information content (AvgIpc) is 3.29. The Hall–Kier alpha value is -2.09. The molecule has 0 aromatic heterocycles. The van der Waals surface area contributed by atoms with Crippen LogP contribution in [0.25, 0.3) is 6.08 Å². The highest BCUT2D eigenvalue weighted by molar-refractivity contribution is 5.82. The van der Waals surface area contributed by atoms with Crippen molar-refractivity contribution in [1.82, 2.24) is 0 Å². The predicted octanol–water partition coefficient (Wildman–Crippen LogP) is 10.2. The second kappa shape index (κ2) is 12.4. The number of esters is 1. The molecule has 4 aliphatic carbocycles. The van der Waals surface area contributed by atoms with Crippen molar-refractivity contribution in [3.05, 3.63) is 65.8 Å². The van der Waals surface area contributed by atoms with Crippen LogP contribution >= 0.6 is 0 Å². The highest BCUT2D eigenvalue weighted by atomic mass is 16.5. The molecule has 5 rings (SSSR count). The summed E-state index contributed by atoms with van der Waals surface area (Å²) < 4.78 is 5.95. The van der Waals surface area contributed by atoms with Crippen molar-refractivity contribution in [3.8, 4) is 0 Å². The molecule has 40 heavy (non-hydrogen) atoms. The Balaban J connectivity index is 1.18. The lowest BCUT2D eigenvalue weighted by atomic mass is 9.47. The summed E-state index contributed by atoms with van der Waals surface area (Å²) >= 11 is 0. The van der Waals surface area contributed by atoms with Crippen LogP contribution < -0.4 is 0 Å². The first-order valence-electron chi connectivity index (χ1n) is 16.5. The maximum atomic E-state index is 12.6. The Morgan fingerprint density at radius 1 is 0.975 bits per heavy atom. The van der Waals surface area contributed by atoms with Crippen LogP contribution in [0, 0.1) is 46.3 Å². The molecule has 1 aromatic carbocycles. The van der Waals surface area contributed by atoms with Gasteiger partial charge in [-0.05, 0) is 96.8 Å². The molecule has 3 fully saturated rings. The lowest BCUT2D eigenvalue weighted by molar-refractivity contribution is -0.145. The van der Waals surface area contributed by atoms with E-state index >= 15 is 0 Å². The number of carbonyl (C=O) groups excluding carboxylic acids is 1. The lowest BCUT2D eigenvalue weighted by Gasteiger charge is -2.58. The monoisotopic (exact) mass is 542 g/mol. The topological polar surface area (TPSA) is 26.3 Å². The first-order chi connectivity index (χ1) is 19.2. The molecule has 1 aromatic rings. The van der Waals surface area contributed by atoms with E-state index in [1.807, 2.05) is 30.4 Å². The quantitative estimate of drug-likeness (QED) is 0.134. The van der Waals surface area contributed by atoms with Crippen LogP contribution in [0.2, 0.25) is 0 Å². The Kier molecular flexibility index (Phi) is 9.13. The summed E-state index contributed by atoms with van der Waals surface area (Å²) in [5.41, 5.74) is 3.55. The summed E-state index contributed by atoms with van der Waals surface area (Å²) in [6, 6.07) is 10.1. The summed E-state index contributed by atoms with van der Waals surface area (Å²) in [5, 5.41) is 0. The van der Waals surface area contributed by atoms with Crippen molar-refractivity contribution in [3.63, 3.8) is 0 Å². The van der Waals surface area contributed by atoms with Gasteiger partial charge < -0.3 is 4.74 Å². The van der Waals surface area contributed by atoms with Crippen molar-refractivity contribution >= 4 is 12.0 Å². The molecule has 2 nitrogen and oxygen atoms in total. The standard InChI is InChI=1S/C38H54O2/c1-27(2)12-11-13-28(3)33-20-21-34-32-19-18-30-26-31(22-24-37(30,4)35(32)23-25-38(33,34)5)40-36(39)17-10-9-16-29-14-7-6-8-15-29/h6-10,14-18,27-28,31-35H,11-13,19-26H2,1-5H3/t28-,31+,32-,33+,34+,35-,37+,38-/m1/s1. The summed E-state index contributed by atoms with van der Waals surface area (Å²) in [6.45, 7) is 12.5. The third-order valence-corrected chi connectivity index (χ3v) is 12.0. The lowest BCUT2D eigenvalue weighted by Crippen LogP contribution is -2.51. The number of allylic oxidation sites excluding steroid dienone is 3. The van der Waals surface area contributed by atoms with E-state index in [1.165, 1.54) is 51.4 Å². The van der Waals surface area contributed by atoms with E-state index in [0.717, 1.165) is 60.3 Å². The SMILES string of the molecule is CC(C)CCC[C@@H](C)[C@@H]1CC[C@H]2[C@H]3CC=C4C[C@@H](OC(=O)C=CC=Cc5ccccc5)CC[C@]4(C)[C@@H]3CC[C@@]21C. The molecule has 218 valence electrons. The van der Waals surface area contributed by atoms with Gasteiger partial charge in [0, 0.05) is 12.5 Å². The second-order valence-corrected chi connectivity index (χ2v) is 14.7. The third kappa shape index (κ3) is 6.07. The minimum atomic E-state index is -0.214. The fourth-order valence-corrected chi connectivity index (χ4v) is 9.82. The summed E-state index contributed by atoms with van der Waals surface area (Å²) in [4.78, 5) is 12.6. The van der Waals surface area contributed by atoms with Crippen molar-refractivity contribution < 1.29 is 9.53 Å². The molecule has 4 aliphatic rings. The van der Waals surface area contributed by atoms with Gasteiger partial charge in [-0.1, -0.05) is 114 Å². The van der Waals surface area contributed by atoms with Gasteiger partial charge in [0.15, 0.2) is 0 Å². The summed E-state index contributed by atoms with van der Waals surface area (Å²) in [5.74, 6) is 4.93. The first kappa shape index (κ1) is 29.4. The van der Waals surface area contributed by atoms with Crippen LogP contribution in [-0.4, -0.2) is 12.1 Å². The van der Waals surface area contributed by atoms with E-state index < -0.39 is 0 Å². The van der Waals surface area contributed by atoms with Gasteiger partial charge in [-0.25, -0.2) is 4.79 Å². The fourth-order valence-electron chi connectivity index (χ4n) is 9.82. The van der Waals surface area contributed by atoms with E-state index in [-0.39, 0.29) is 12.1 Å². The van der Waals surface area contributed by atoms with Crippen LogP contribution in [0.4, 0.5) is 0 Å². The van der Waals surface area contributed by atoms with Gasteiger partial charge in [-0.15, -0.1) is 0 Å². The summed E-state index contributed by atoms with van der Waals surface area (Å²) in [6.07, 6.45) is 24.1. The molecule has 0 radical (unpaired) electrons. The summed E-state index contributed by atoms with van der Waals surface area (Å²) in [7, 11) is 0. The molecule has 0 bridgehead atoms. The number of fused-ring (bicyclic) bond motifs is 5. The van der Waals surface area contributed by atoms with Gasteiger partial charge in [0.25, 0.3) is 0 Å². The largest absolute Gasteiger partial charge is 0.459 e. The molecule has 2 heteroatoms. The Bertz CT molecular complexity index is 1100. The third-order valence-electron chi connectivity index (χ3n) is 12.0. The van der Waals surface area contributed by atoms with Gasteiger partial charge in [0.2, 0.25) is 0 Å². The van der Waals surface area contributed by atoms with Crippen LogP contribution in [0.1, 0.15) is 111 Å². The Morgan fingerprint density at radius 3 is 2.55 bits per heavy atom. The number of hydrogen-bond donors (Lipinski definition) is 0. The first-order valence-corrected chi connectivity index (χ1v) is 16.5. The fraction of sp³-hybridized carbons (Fsp3) is 0.658. The van der Waals surface area contributed by atoms with Crippen LogP contribution in [0.15, 0.2) is 60.2 Å². The van der Waals surface area contributed by atoms with Gasteiger partial charge in [0.1, 0.15) is 6.10 Å². The maximum Gasteiger partial charge on any atom is 0.331 e. The van der Waals surface area contributed by atoms with Crippen LogP contribution in [0.3, 0.4) is 0 Å². The average molecular weight is 543 g/mol. The molecular formula is C38H54O2. The van der Waals surface area contributed by atoms with Crippen molar-refractivity contribution in [1.29, 1.82) is 0 Å². The highest BCUT2D eigenvalue weighted by Crippen LogP contribution is 2.67.